The molecular formula is C16H20FN3O. The van der Waals surface area contributed by atoms with Gasteiger partial charge in [0.05, 0.1) is 0 Å². The molecule has 0 aliphatic heterocycles. The summed E-state index contributed by atoms with van der Waals surface area (Å²) in [6.45, 7) is 8.64. The van der Waals surface area contributed by atoms with Crippen molar-refractivity contribution in [2.45, 2.75) is 40.3 Å². The Balaban J connectivity index is 2.14. The van der Waals surface area contributed by atoms with Crippen molar-refractivity contribution in [1.29, 1.82) is 0 Å². The van der Waals surface area contributed by atoms with E-state index < -0.39 is 0 Å². The number of aromatic nitrogens is 2. The van der Waals surface area contributed by atoms with Crippen LogP contribution in [0.4, 0.5) is 4.39 Å². The lowest BCUT2D eigenvalue weighted by Crippen LogP contribution is -2.22. The van der Waals surface area contributed by atoms with E-state index in [0.29, 0.717) is 18.3 Å². The number of hydrogen-bond donors (Lipinski definition) is 1. The van der Waals surface area contributed by atoms with E-state index >= 15 is 0 Å². The fraction of sp³-hybridized carbons (Fsp3) is 0.375. The molecule has 1 heterocycles. The van der Waals surface area contributed by atoms with Gasteiger partial charge in [-0.1, -0.05) is 19.9 Å². The molecule has 0 atom stereocenters. The lowest BCUT2D eigenvalue weighted by molar-refractivity contribution is 0.432. The SMILES string of the molecule is Cc1ccc(F)cc1Oc1ncc(CNC(C)C)c(C)n1. The van der Waals surface area contributed by atoms with E-state index in [2.05, 4.69) is 29.1 Å². The molecule has 112 valence electrons. The third-order valence-corrected chi connectivity index (χ3v) is 3.11. The molecule has 0 unspecified atom stereocenters. The largest absolute Gasteiger partial charge is 0.424 e. The van der Waals surface area contributed by atoms with E-state index in [4.69, 9.17) is 4.74 Å². The van der Waals surface area contributed by atoms with Crippen LogP contribution in [-0.2, 0) is 6.54 Å². The summed E-state index contributed by atoms with van der Waals surface area (Å²) in [4.78, 5) is 8.51. The Kier molecular flexibility index (Phi) is 4.85. The Hall–Kier alpha value is -2.01. The van der Waals surface area contributed by atoms with Crippen LogP contribution in [-0.4, -0.2) is 16.0 Å². The molecule has 0 saturated heterocycles. The molecule has 1 N–H and O–H groups in total. The minimum atomic E-state index is -0.343. The molecule has 0 spiro atoms. The van der Waals surface area contributed by atoms with Crippen molar-refractivity contribution in [3.63, 3.8) is 0 Å². The highest BCUT2D eigenvalue weighted by Crippen LogP contribution is 2.23. The van der Waals surface area contributed by atoms with Crippen molar-refractivity contribution >= 4 is 0 Å². The predicted molar refractivity (Wildman–Crippen MR) is 80.0 cm³/mol. The molecule has 4 nitrogen and oxygen atoms in total. The number of nitrogens with one attached hydrogen (secondary N) is 1. The van der Waals surface area contributed by atoms with Gasteiger partial charge >= 0.3 is 6.01 Å². The highest BCUT2D eigenvalue weighted by molar-refractivity contribution is 5.34. The first-order valence-electron chi connectivity index (χ1n) is 6.95. The number of hydrogen-bond acceptors (Lipinski definition) is 4. The molecule has 21 heavy (non-hydrogen) atoms. The quantitative estimate of drug-likeness (QED) is 0.915. The standard InChI is InChI=1S/C16H20FN3O/c1-10(2)18-8-13-9-19-16(20-12(13)4)21-15-7-14(17)6-5-11(15)3/h5-7,9-10,18H,8H2,1-4H3. The van der Waals surface area contributed by atoms with Gasteiger partial charge in [0.1, 0.15) is 11.6 Å². The zero-order chi connectivity index (χ0) is 15.4. The van der Waals surface area contributed by atoms with Gasteiger partial charge in [0.2, 0.25) is 0 Å². The van der Waals surface area contributed by atoms with Crippen molar-refractivity contribution in [1.82, 2.24) is 15.3 Å². The number of rotatable bonds is 5. The van der Waals surface area contributed by atoms with Crippen molar-refractivity contribution in [3.8, 4) is 11.8 Å². The van der Waals surface area contributed by atoms with Crippen LogP contribution in [0.3, 0.4) is 0 Å². The molecule has 1 aromatic heterocycles. The summed E-state index contributed by atoms with van der Waals surface area (Å²) in [5, 5.41) is 3.32. The first kappa shape index (κ1) is 15.4. The number of aryl methyl sites for hydroxylation is 2. The van der Waals surface area contributed by atoms with Crippen molar-refractivity contribution < 1.29 is 9.13 Å². The first-order chi connectivity index (χ1) is 9.95. The predicted octanol–water partition coefficient (Wildman–Crippen LogP) is 3.52. The number of nitrogens with zero attached hydrogens (tertiary/aromatic N) is 2. The van der Waals surface area contributed by atoms with Crippen LogP contribution in [0.2, 0.25) is 0 Å². The number of benzene rings is 1. The average Bonchev–Trinajstić information content (AvgIpc) is 2.42. The Morgan fingerprint density at radius 2 is 2.05 bits per heavy atom. The molecule has 0 fully saturated rings. The Morgan fingerprint density at radius 3 is 2.71 bits per heavy atom. The third kappa shape index (κ3) is 4.23. The van der Waals surface area contributed by atoms with Crippen LogP contribution in [0, 0.1) is 19.7 Å². The van der Waals surface area contributed by atoms with Crippen molar-refractivity contribution in [2.24, 2.45) is 0 Å². The molecule has 1 aromatic carbocycles. The van der Waals surface area contributed by atoms with Gasteiger partial charge in [-0.25, -0.2) is 9.37 Å². The van der Waals surface area contributed by atoms with Gasteiger partial charge in [0, 0.05) is 36.1 Å². The maximum absolute atomic E-state index is 13.2. The van der Waals surface area contributed by atoms with Gasteiger partial charge in [-0.3, -0.25) is 0 Å². The van der Waals surface area contributed by atoms with Crippen LogP contribution in [0.5, 0.6) is 11.8 Å². The second-order valence-electron chi connectivity index (χ2n) is 5.31. The Morgan fingerprint density at radius 1 is 1.29 bits per heavy atom. The van der Waals surface area contributed by atoms with Crippen LogP contribution in [0.1, 0.15) is 30.7 Å². The highest BCUT2D eigenvalue weighted by atomic mass is 19.1. The maximum atomic E-state index is 13.2. The summed E-state index contributed by atoms with van der Waals surface area (Å²) >= 11 is 0. The van der Waals surface area contributed by atoms with E-state index in [9.17, 15) is 4.39 Å². The van der Waals surface area contributed by atoms with Gasteiger partial charge in [-0.15, -0.1) is 0 Å². The summed E-state index contributed by atoms with van der Waals surface area (Å²) in [7, 11) is 0. The fourth-order valence-corrected chi connectivity index (χ4v) is 1.79. The van der Waals surface area contributed by atoms with Gasteiger partial charge in [-0.2, -0.15) is 4.98 Å². The van der Waals surface area contributed by atoms with E-state index in [0.717, 1.165) is 16.8 Å². The zero-order valence-corrected chi connectivity index (χ0v) is 12.8. The molecule has 0 saturated carbocycles. The van der Waals surface area contributed by atoms with Crippen LogP contribution < -0.4 is 10.1 Å². The summed E-state index contributed by atoms with van der Waals surface area (Å²) in [6.07, 6.45) is 1.74. The topological polar surface area (TPSA) is 47.0 Å². The molecule has 0 aliphatic carbocycles. The van der Waals surface area contributed by atoms with E-state index in [1.54, 1.807) is 12.3 Å². The normalized spacial score (nSPS) is 11.0. The number of ether oxygens (including phenoxy) is 1. The monoisotopic (exact) mass is 289 g/mol. The van der Waals surface area contributed by atoms with Crippen LogP contribution >= 0.6 is 0 Å². The fourth-order valence-electron chi connectivity index (χ4n) is 1.79. The van der Waals surface area contributed by atoms with Gasteiger partial charge < -0.3 is 10.1 Å². The second-order valence-corrected chi connectivity index (χ2v) is 5.31. The summed E-state index contributed by atoms with van der Waals surface area (Å²) in [5.41, 5.74) is 2.71. The molecular weight excluding hydrogens is 269 g/mol. The molecule has 0 aliphatic rings. The minimum absolute atomic E-state index is 0.231. The van der Waals surface area contributed by atoms with E-state index in [1.165, 1.54) is 12.1 Å². The second kappa shape index (κ2) is 6.63. The van der Waals surface area contributed by atoms with Gasteiger partial charge in [0.15, 0.2) is 0 Å². The summed E-state index contributed by atoms with van der Waals surface area (Å²) in [6, 6.07) is 5.03. The Labute approximate surface area is 124 Å². The lowest BCUT2D eigenvalue weighted by atomic mass is 10.2. The average molecular weight is 289 g/mol. The third-order valence-electron chi connectivity index (χ3n) is 3.11. The molecule has 0 bridgehead atoms. The van der Waals surface area contributed by atoms with E-state index in [-0.39, 0.29) is 11.8 Å². The molecule has 2 rings (SSSR count). The summed E-state index contributed by atoms with van der Waals surface area (Å²) < 4.78 is 18.8. The smallest absolute Gasteiger partial charge is 0.322 e. The first-order valence-corrected chi connectivity index (χ1v) is 6.95. The highest BCUT2D eigenvalue weighted by Gasteiger charge is 2.08. The number of halogens is 1. The molecule has 0 radical (unpaired) electrons. The lowest BCUT2D eigenvalue weighted by Gasteiger charge is -2.11. The van der Waals surface area contributed by atoms with Crippen molar-refractivity contribution in [3.05, 3.63) is 47.0 Å². The molecule has 2 aromatic rings. The molecule has 0 amide bonds. The summed E-state index contributed by atoms with van der Waals surface area (Å²) in [5.74, 6) is 0.0903. The Bertz CT molecular complexity index is 629. The molecule has 5 heteroatoms. The van der Waals surface area contributed by atoms with Crippen molar-refractivity contribution in [2.75, 3.05) is 0 Å². The minimum Gasteiger partial charge on any atom is -0.424 e. The van der Waals surface area contributed by atoms with Gasteiger partial charge in [-0.05, 0) is 25.5 Å². The van der Waals surface area contributed by atoms with Crippen LogP contribution in [0.15, 0.2) is 24.4 Å². The van der Waals surface area contributed by atoms with E-state index in [1.807, 2.05) is 13.8 Å². The van der Waals surface area contributed by atoms with Crippen LogP contribution in [0.25, 0.3) is 0 Å². The zero-order valence-electron chi connectivity index (χ0n) is 12.8. The van der Waals surface area contributed by atoms with Gasteiger partial charge in [0.25, 0.3) is 0 Å². The maximum Gasteiger partial charge on any atom is 0.322 e.